The van der Waals surface area contributed by atoms with E-state index in [1.807, 2.05) is 30.3 Å². The van der Waals surface area contributed by atoms with E-state index >= 15 is 0 Å². The lowest BCUT2D eigenvalue weighted by molar-refractivity contribution is 0.102. The van der Waals surface area contributed by atoms with Crippen molar-refractivity contribution in [2.45, 2.75) is 0 Å². The van der Waals surface area contributed by atoms with Crippen molar-refractivity contribution in [3.63, 3.8) is 0 Å². The lowest BCUT2D eigenvalue weighted by Crippen LogP contribution is -2.13. The van der Waals surface area contributed by atoms with Crippen LogP contribution >= 0.6 is 0 Å². The van der Waals surface area contributed by atoms with Crippen LogP contribution < -0.4 is 5.32 Å². The summed E-state index contributed by atoms with van der Waals surface area (Å²) in [4.78, 5) is 20.9. The van der Waals surface area contributed by atoms with Gasteiger partial charge in [-0.15, -0.1) is 0 Å². The van der Waals surface area contributed by atoms with E-state index in [1.165, 1.54) is 0 Å². The Kier molecular flexibility index (Phi) is 3.20. The number of carbonyl (C=O) groups excluding carboxylic acids is 1. The van der Waals surface area contributed by atoms with Gasteiger partial charge in [-0.1, -0.05) is 42.5 Å². The van der Waals surface area contributed by atoms with Crippen LogP contribution in [0.5, 0.6) is 0 Å². The number of nitrogens with one attached hydrogen (secondary N) is 1. The smallest absolute Gasteiger partial charge is 0.274 e. The van der Waals surface area contributed by atoms with Gasteiger partial charge in [0.2, 0.25) is 0 Å². The zero-order chi connectivity index (χ0) is 15.6. The molecule has 2 heterocycles. The standard InChI is InChI=1S/C19H13N3O/c23-19(17-7-3-4-11-20-17)22-16-10-12-21-18-14-6-2-1-5-13(14)8-9-15(16)18/h1-12H,(H,21,22,23). The molecule has 0 spiro atoms. The maximum Gasteiger partial charge on any atom is 0.274 e. The molecule has 0 atom stereocenters. The fourth-order valence-corrected chi connectivity index (χ4v) is 2.68. The zero-order valence-corrected chi connectivity index (χ0v) is 12.2. The van der Waals surface area contributed by atoms with E-state index in [4.69, 9.17) is 0 Å². The summed E-state index contributed by atoms with van der Waals surface area (Å²) in [6.45, 7) is 0. The lowest BCUT2D eigenvalue weighted by atomic mass is 10.1. The maximum absolute atomic E-state index is 12.3. The Labute approximate surface area is 132 Å². The molecule has 0 saturated heterocycles. The van der Waals surface area contributed by atoms with E-state index < -0.39 is 0 Å². The molecule has 0 unspecified atom stereocenters. The molecule has 0 aliphatic rings. The number of fused-ring (bicyclic) bond motifs is 3. The molecular weight excluding hydrogens is 286 g/mol. The van der Waals surface area contributed by atoms with Gasteiger partial charge < -0.3 is 5.32 Å². The van der Waals surface area contributed by atoms with Crippen LogP contribution in [0.4, 0.5) is 5.69 Å². The number of hydrogen-bond acceptors (Lipinski definition) is 3. The number of aromatic nitrogens is 2. The molecule has 23 heavy (non-hydrogen) atoms. The first-order chi connectivity index (χ1) is 11.3. The molecule has 0 fully saturated rings. The average molecular weight is 299 g/mol. The zero-order valence-electron chi connectivity index (χ0n) is 12.2. The minimum absolute atomic E-state index is 0.230. The highest BCUT2D eigenvalue weighted by Gasteiger charge is 2.10. The van der Waals surface area contributed by atoms with Gasteiger partial charge >= 0.3 is 0 Å². The van der Waals surface area contributed by atoms with Crippen LogP contribution in [0.1, 0.15) is 10.5 Å². The van der Waals surface area contributed by atoms with E-state index in [2.05, 4.69) is 21.4 Å². The van der Waals surface area contributed by atoms with E-state index in [9.17, 15) is 4.79 Å². The largest absolute Gasteiger partial charge is 0.320 e. The van der Waals surface area contributed by atoms with Crippen molar-refractivity contribution in [3.05, 3.63) is 78.8 Å². The topological polar surface area (TPSA) is 54.9 Å². The highest BCUT2D eigenvalue weighted by atomic mass is 16.1. The normalized spacial score (nSPS) is 10.8. The van der Waals surface area contributed by atoms with Crippen molar-refractivity contribution in [1.82, 2.24) is 9.97 Å². The first-order valence-corrected chi connectivity index (χ1v) is 7.32. The Morgan fingerprint density at radius 2 is 1.65 bits per heavy atom. The molecule has 1 amide bonds. The molecular formula is C19H13N3O. The third-order valence-corrected chi connectivity index (χ3v) is 3.78. The van der Waals surface area contributed by atoms with E-state index in [0.29, 0.717) is 5.69 Å². The maximum atomic E-state index is 12.3. The molecule has 0 bridgehead atoms. The van der Waals surface area contributed by atoms with Gasteiger partial charge in [0.15, 0.2) is 0 Å². The average Bonchev–Trinajstić information content (AvgIpc) is 2.62. The fraction of sp³-hybridized carbons (Fsp3) is 0. The molecule has 2 aromatic carbocycles. The van der Waals surface area contributed by atoms with Crippen LogP contribution in [0, 0.1) is 0 Å². The second kappa shape index (κ2) is 5.50. The number of rotatable bonds is 2. The monoisotopic (exact) mass is 299 g/mol. The molecule has 2 aromatic heterocycles. The summed E-state index contributed by atoms with van der Waals surface area (Å²) in [7, 11) is 0. The predicted octanol–water partition coefficient (Wildman–Crippen LogP) is 4.04. The first kappa shape index (κ1) is 13.4. The third kappa shape index (κ3) is 2.40. The summed E-state index contributed by atoms with van der Waals surface area (Å²) in [5.74, 6) is -0.230. The van der Waals surface area contributed by atoms with Gasteiger partial charge in [0, 0.05) is 23.2 Å². The van der Waals surface area contributed by atoms with Crippen molar-refractivity contribution in [2.24, 2.45) is 0 Å². The molecule has 4 rings (SSSR count). The second-order valence-electron chi connectivity index (χ2n) is 5.21. The van der Waals surface area contributed by atoms with Crippen molar-refractivity contribution in [2.75, 3.05) is 5.32 Å². The summed E-state index contributed by atoms with van der Waals surface area (Å²) >= 11 is 0. The molecule has 4 nitrogen and oxygen atoms in total. The summed E-state index contributed by atoms with van der Waals surface area (Å²) in [6, 6.07) is 19.2. The molecule has 0 aliphatic heterocycles. The Bertz CT molecular complexity index is 1010. The molecule has 4 aromatic rings. The summed E-state index contributed by atoms with van der Waals surface area (Å²) < 4.78 is 0. The van der Waals surface area contributed by atoms with E-state index in [-0.39, 0.29) is 5.91 Å². The van der Waals surface area contributed by atoms with Gasteiger partial charge in [-0.05, 0) is 23.6 Å². The van der Waals surface area contributed by atoms with Gasteiger partial charge in [-0.3, -0.25) is 14.8 Å². The Balaban J connectivity index is 1.82. The Morgan fingerprint density at radius 1 is 0.783 bits per heavy atom. The number of amides is 1. The Hall–Kier alpha value is -3.27. The summed E-state index contributed by atoms with van der Waals surface area (Å²) in [5.41, 5.74) is 2.00. The van der Waals surface area contributed by atoms with Crippen LogP contribution in [0.15, 0.2) is 73.1 Å². The van der Waals surface area contributed by atoms with Crippen LogP contribution in [0.3, 0.4) is 0 Å². The fourth-order valence-electron chi connectivity index (χ4n) is 2.68. The first-order valence-electron chi connectivity index (χ1n) is 7.32. The minimum atomic E-state index is -0.230. The van der Waals surface area contributed by atoms with Crippen LogP contribution in [0.25, 0.3) is 21.7 Å². The highest BCUT2D eigenvalue weighted by molar-refractivity contribution is 6.13. The molecule has 110 valence electrons. The minimum Gasteiger partial charge on any atom is -0.320 e. The molecule has 4 heteroatoms. The van der Waals surface area contributed by atoms with E-state index in [1.54, 1.807) is 36.7 Å². The molecule has 0 saturated carbocycles. The van der Waals surface area contributed by atoms with Crippen LogP contribution in [0.2, 0.25) is 0 Å². The lowest BCUT2D eigenvalue weighted by Gasteiger charge is -2.09. The van der Waals surface area contributed by atoms with Gasteiger partial charge in [0.05, 0.1) is 11.2 Å². The molecule has 0 aliphatic carbocycles. The third-order valence-electron chi connectivity index (χ3n) is 3.78. The Morgan fingerprint density at radius 3 is 2.52 bits per heavy atom. The van der Waals surface area contributed by atoms with Crippen LogP contribution in [-0.2, 0) is 0 Å². The highest BCUT2D eigenvalue weighted by Crippen LogP contribution is 2.28. The van der Waals surface area contributed by atoms with Gasteiger partial charge in [0.1, 0.15) is 5.69 Å². The number of anilines is 1. The van der Waals surface area contributed by atoms with Gasteiger partial charge in [-0.25, -0.2) is 0 Å². The van der Waals surface area contributed by atoms with E-state index in [0.717, 1.165) is 27.4 Å². The number of hydrogen-bond donors (Lipinski definition) is 1. The van der Waals surface area contributed by atoms with Crippen molar-refractivity contribution >= 4 is 33.3 Å². The molecule has 0 radical (unpaired) electrons. The van der Waals surface area contributed by atoms with Crippen molar-refractivity contribution in [1.29, 1.82) is 0 Å². The van der Waals surface area contributed by atoms with Crippen LogP contribution in [-0.4, -0.2) is 15.9 Å². The number of carbonyl (C=O) groups is 1. The van der Waals surface area contributed by atoms with Gasteiger partial charge in [0.25, 0.3) is 5.91 Å². The second-order valence-corrected chi connectivity index (χ2v) is 5.21. The predicted molar refractivity (Wildman–Crippen MR) is 91.4 cm³/mol. The molecule has 1 N–H and O–H groups in total. The number of benzene rings is 2. The number of pyridine rings is 2. The van der Waals surface area contributed by atoms with Crippen molar-refractivity contribution in [3.8, 4) is 0 Å². The van der Waals surface area contributed by atoms with Gasteiger partial charge in [-0.2, -0.15) is 0 Å². The quantitative estimate of drug-likeness (QED) is 0.568. The summed E-state index contributed by atoms with van der Waals surface area (Å²) in [5, 5.41) is 6.03. The number of nitrogens with zero attached hydrogens (tertiary/aromatic N) is 2. The SMILES string of the molecule is O=C(Nc1ccnc2c1ccc1ccccc12)c1ccccn1. The summed E-state index contributed by atoms with van der Waals surface area (Å²) in [6.07, 6.45) is 3.32. The van der Waals surface area contributed by atoms with Crippen molar-refractivity contribution < 1.29 is 4.79 Å².